The number of carbonyl (C=O) groups excluding carboxylic acids is 1. The molecule has 0 aliphatic heterocycles. The predicted octanol–water partition coefficient (Wildman–Crippen LogP) is 1.88. The lowest BCUT2D eigenvalue weighted by atomic mass is 10.2. The number of nitrogens with one attached hydrogen (secondary N) is 2. The van der Waals surface area contributed by atoms with Crippen molar-refractivity contribution in [3.8, 4) is 0 Å². The van der Waals surface area contributed by atoms with Gasteiger partial charge in [0.15, 0.2) is 0 Å². The van der Waals surface area contributed by atoms with Gasteiger partial charge in [-0.05, 0) is 18.6 Å². The highest BCUT2D eigenvalue weighted by atomic mass is 16.6. The van der Waals surface area contributed by atoms with Crippen LogP contribution in [0.3, 0.4) is 0 Å². The summed E-state index contributed by atoms with van der Waals surface area (Å²) in [5.74, 6) is -0.473. The fourth-order valence-corrected chi connectivity index (χ4v) is 1.47. The Morgan fingerprint density at radius 2 is 2.28 bits per heavy atom. The van der Waals surface area contributed by atoms with Gasteiger partial charge in [-0.1, -0.05) is 6.07 Å². The highest BCUT2D eigenvalue weighted by molar-refractivity contribution is 6.03. The van der Waals surface area contributed by atoms with Crippen LogP contribution >= 0.6 is 0 Å². The van der Waals surface area contributed by atoms with Crippen LogP contribution in [0, 0.1) is 17.0 Å². The van der Waals surface area contributed by atoms with Gasteiger partial charge < -0.3 is 10.3 Å². The van der Waals surface area contributed by atoms with Crippen molar-refractivity contribution >= 4 is 17.3 Å². The number of hydrogen-bond donors (Lipinski definition) is 2. The Hall–Kier alpha value is -2.70. The summed E-state index contributed by atoms with van der Waals surface area (Å²) < 4.78 is 0. The molecule has 0 fully saturated rings. The van der Waals surface area contributed by atoms with E-state index in [4.69, 9.17) is 0 Å². The fraction of sp³-hybridized carbons (Fsp3) is 0.0909. The third kappa shape index (κ3) is 2.34. The Morgan fingerprint density at radius 3 is 2.89 bits per heavy atom. The zero-order valence-electron chi connectivity index (χ0n) is 9.51. The number of anilines is 1. The van der Waals surface area contributed by atoms with Gasteiger partial charge in [0.1, 0.15) is 11.4 Å². The molecule has 1 aromatic heterocycles. The second-order valence-corrected chi connectivity index (χ2v) is 3.70. The fourth-order valence-electron chi connectivity index (χ4n) is 1.47. The molecule has 7 nitrogen and oxygen atoms in total. The van der Waals surface area contributed by atoms with E-state index in [0.717, 1.165) is 5.56 Å². The molecular weight excluding hydrogens is 236 g/mol. The number of benzene rings is 1. The second-order valence-electron chi connectivity index (χ2n) is 3.70. The van der Waals surface area contributed by atoms with E-state index in [-0.39, 0.29) is 17.1 Å². The lowest BCUT2D eigenvalue weighted by molar-refractivity contribution is -0.384. The molecule has 18 heavy (non-hydrogen) atoms. The molecule has 1 amide bonds. The maximum atomic E-state index is 11.7. The second kappa shape index (κ2) is 4.66. The summed E-state index contributed by atoms with van der Waals surface area (Å²) in [6, 6.07) is 4.60. The first-order chi connectivity index (χ1) is 8.58. The lowest BCUT2D eigenvalue weighted by Gasteiger charge is -2.05. The zero-order valence-corrected chi connectivity index (χ0v) is 9.51. The Labute approximate surface area is 102 Å². The topological polar surface area (TPSA) is 101 Å². The highest BCUT2D eigenvalue weighted by Crippen LogP contribution is 2.25. The van der Waals surface area contributed by atoms with Crippen molar-refractivity contribution < 1.29 is 9.72 Å². The summed E-state index contributed by atoms with van der Waals surface area (Å²) in [4.78, 5) is 28.4. The van der Waals surface area contributed by atoms with Gasteiger partial charge in [0.25, 0.3) is 11.6 Å². The van der Waals surface area contributed by atoms with Crippen LogP contribution in [0.4, 0.5) is 11.4 Å². The van der Waals surface area contributed by atoms with Crippen LogP contribution in [0.2, 0.25) is 0 Å². The lowest BCUT2D eigenvalue weighted by Crippen LogP contribution is -2.13. The normalized spacial score (nSPS) is 10.1. The molecule has 1 aromatic carbocycles. The minimum absolute atomic E-state index is 0.136. The highest BCUT2D eigenvalue weighted by Gasteiger charge is 2.17. The van der Waals surface area contributed by atoms with Crippen molar-refractivity contribution in [1.29, 1.82) is 0 Å². The summed E-state index contributed by atoms with van der Waals surface area (Å²) in [5.41, 5.74) is 1.01. The third-order valence-corrected chi connectivity index (χ3v) is 2.34. The Kier molecular flexibility index (Phi) is 3.05. The summed E-state index contributed by atoms with van der Waals surface area (Å²) in [5, 5.41) is 13.3. The summed E-state index contributed by atoms with van der Waals surface area (Å²) in [7, 11) is 0. The number of hydrogen-bond acceptors (Lipinski definition) is 4. The predicted molar refractivity (Wildman–Crippen MR) is 64.4 cm³/mol. The number of imidazole rings is 1. The Morgan fingerprint density at radius 1 is 1.50 bits per heavy atom. The van der Waals surface area contributed by atoms with Crippen LogP contribution in [0.25, 0.3) is 0 Å². The number of rotatable bonds is 3. The quantitative estimate of drug-likeness (QED) is 0.637. The molecule has 2 aromatic rings. The molecule has 0 saturated heterocycles. The van der Waals surface area contributed by atoms with Crippen LogP contribution in [0.1, 0.15) is 16.1 Å². The van der Waals surface area contributed by atoms with Gasteiger partial charge >= 0.3 is 0 Å². The number of nitro groups is 1. The maximum Gasteiger partial charge on any atom is 0.293 e. The van der Waals surface area contributed by atoms with Gasteiger partial charge in [0.05, 0.1) is 17.4 Å². The van der Waals surface area contributed by atoms with Crippen molar-refractivity contribution in [3.63, 3.8) is 0 Å². The van der Waals surface area contributed by atoms with Crippen molar-refractivity contribution in [2.75, 3.05) is 5.32 Å². The van der Waals surface area contributed by atoms with Crippen LogP contribution in [-0.2, 0) is 0 Å². The van der Waals surface area contributed by atoms with Crippen molar-refractivity contribution in [3.05, 3.63) is 52.1 Å². The van der Waals surface area contributed by atoms with E-state index in [2.05, 4.69) is 15.3 Å². The number of aryl methyl sites for hydroxylation is 1. The molecule has 0 saturated carbocycles. The molecule has 0 aliphatic carbocycles. The maximum absolute atomic E-state index is 11.7. The zero-order chi connectivity index (χ0) is 13.1. The van der Waals surface area contributed by atoms with E-state index in [1.54, 1.807) is 13.0 Å². The van der Waals surface area contributed by atoms with E-state index < -0.39 is 10.8 Å². The van der Waals surface area contributed by atoms with Gasteiger partial charge in [0, 0.05) is 6.07 Å². The molecule has 92 valence electrons. The van der Waals surface area contributed by atoms with E-state index in [9.17, 15) is 14.9 Å². The number of nitro benzene ring substituents is 1. The van der Waals surface area contributed by atoms with Crippen LogP contribution in [0.5, 0.6) is 0 Å². The average molecular weight is 246 g/mol. The van der Waals surface area contributed by atoms with Gasteiger partial charge in [-0.15, -0.1) is 0 Å². The molecule has 0 aliphatic rings. The molecule has 2 N–H and O–H groups in total. The van der Waals surface area contributed by atoms with Crippen molar-refractivity contribution in [2.24, 2.45) is 0 Å². The Bertz CT molecular complexity index is 592. The molecule has 1 heterocycles. The molecule has 0 bridgehead atoms. The average Bonchev–Trinajstić information content (AvgIpc) is 2.84. The molecule has 0 radical (unpaired) electrons. The summed E-state index contributed by atoms with van der Waals surface area (Å²) >= 11 is 0. The minimum Gasteiger partial charge on any atom is -0.341 e. The van der Waals surface area contributed by atoms with Crippen LogP contribution in [-0.4, -0.2) is 20.8 Å². The summed E-state index contributed by atoms with van der Waals surface area (Å²) in [6.45, 7) is 1.74. The van der Waals surface area contributed by atoms with Crippen LogP contribution < -0.4 is 5.32 Å². The number of aromatic amines is 1. The number of carbonyl (C=O) groups is 1. The van der Waals surface area contributed by atoms with Gasteiger partial charge in [0.2, 0.25) is 0 Å². The number of H-pyrrole nitrogens is 1. The molecule has 2 rings (SSSR count). The molecule has 0 unspecified atom stereocenters. The molecule has 7 heteroatoms. The smallest absolute Gasteiger partial charge is 0.293 e. The first-order valence-corrected chi connectivity index (χ1v) is 5.12. The molecule has 0 atom stereocenters. The van der Waals surface area contributed by atoms with E-state index in [1.807, 2.05) is 0 Å². The van der Waals surface area contributed by atoms with E-state index in [0.29, 0.717) is 0 Å². The first kappa shape index (κ1) is 11.8. The van der Waals surface area contributed by atoms with Crippen LogP contribution in [0.15, 0.2) is 30.7 Å². The number of nitrogens with zero attached hydrogens (tertiary/aromatic N) is 2. The van der Waals surface area contributed by atoms with E-state index >= 15 is 0 Å². The molecular formula is C11H10N4O3. The van der Waals surface area contributed by atoms with Gasteiger partial charge in [-0.25, -0.2) is 4.98 Å². The number of aromatic nitrogens is 2. The summed E-state index contributed by atoms with van der Waals surface area (Å²) in [6.07, 6.45) is 2.70. The van der Waals surface area contributed by atoms with Crippen molar-refractivity contribution in [2.45, 2.75) is 6.92 Å². The Balaban J connectivity index is 2.29. The number of amides is 1. The van der Waals surface area contributed by atoms with Gasteiger partial charge in [-0.3, -0.25) is 14.9 Å². The largest absolute Gasteiger partial charge is 0.341 e. The van der Waals surface area contributed by atoms with Gasteiger partial charge in [-0.2, -0.15) is 0 Å². The van der Waals surface area contributed by atoms with E-state index in [1.165, 1.54) is 24.7 Å². The minimum atomic E-state index is -0.532. The molecule has 0 spiro atoms. The standard InChI is InChI=1S/C11H10N4O3/c1-7-2-3-8(10(4-7)15(17)18)14-11(16)9-5-12-6-13-9/h2-6H,1H3,(H,12,13)(H,14,16). The van der Waals surface area contributed by atoms with Crippen molar-refractivity contribution in [1.82, 2.24) is 9.97 Å². The SMILES string of the molecule is Cc1ccc(NC(=O)c2cnc[nH]2)c([N+](=O)[O-])c1. The first-order valence-electron chi connectivity index (χ1n) is 5.12. The monoisotopic (exact) mass is 246 g/mol. The third-order valence-electron chi connectivity index (χ3n) is 2.34.